The first-order chi connectivity index (χ1) is 8.25. The molecule has 5 heteroatoms. The summed E-state index contributed by atoms with van der Waals surface area (Å²) in [5.41, 5.74) is 0. The summed E-state index contributed by atoms with van der Waals surface area (Å²) in [6.07, 6.45) is 8.33. The van der Waals surface area contributed by atoms with Crippen molar-refractivity contribution in [3.05, 3.63) is 42.1 Å². The lowest BCUT2D eigenvalue weighted by Crippen LogP contribution is -2.20. The third-order valence-corrected chi connectivity index (χ3v) is 2.80. The van der Waals surface area contributed by atoms with Gasteiger partial charge in [0.25, 0.3) is 0 Å². The Bertz CT molecular complexity index is 438. The maximum atomic E-state index is 5.80. The van der Waals surface area contributed by atoms with Crippen molar-refractivity contribution in [2.75, 3.05) is 18.5 Å². The van der Waals surface area contributed by atoms with Crippen molar-refractivity contribution in [3.8, 4) is 0 Å². The van der Waals surface area contributed by atoms with E-state index >= 15 is 0 Å². The van der Waals surface area contributed by atoms with Gasteiger partial charge in [-0.05, 0) is 18.6 Å². The molecule has 0 aliphatic heterocycles. The Labute approximate surface area is 106 Å². The van der Waals surface area contributed by atoms with E-state index in [0.717, 1.165) is 25.3 Å². The number of aryl methyl sites for hydroxylation is 1. The molecule has 2 heterocycles. The molecule has 0 radical (unpaired) electrons. The standard InChI is InChI=1S/C12H15ClN4/c1-16(12-4-3-11(13)9-15-12)6-2-7-17-8-5-14-10-17/h3-5,8-10H,2,6-7H2,1H3. The van der Waals surface area contributed by atoms with Gasteiger partial charge in [-0.25, -0.2) is 9.97 Å². The first-order valence-electron chi connectivity index (χ1n) is 5.54. The van der Waals surface area contributed by atoms with Crippen LogP contribution in [-0.4, -0.2) is 28.1 Å². The number of pyridine rings is 1. The average molecular weight is 251 g/mol. The summed E-state index contributed by atoms with van der Waals surface area (Å²) in [6, 6.07) is 3.79. The lowest BCUT2D eigenvalue weighted by atomic mass is 10.3. The molecule has 0 aliphatic rings. The SMILES string of the molecule is CN(CCCn1ccnc1)c1ccc(Cl)cn1. The molecule has 0 spiro atoms. The van der Waals surface area contributed by atoms with Crippen LogP contribution in [0, 0.1) is 0 Å². The van der Waals surface area contributed by atoms with E-state index in [2.05, 4.69) is 19.4 Å². The number of hydrogen-bond donors (Lipinski definition) is 0. The normalized spacial score (nSPS) is 10.5. The van der Waals surface area contributed by atoms with Crippen LogP contribution in [0.3, 0.4) is 0 Å². The molecule has 2 aromatic heterocycles. The lowest BCUT2D eigenvalue weighted by molar-refractivity contribution is 0.636. The van der Waals surface area contributed by atoms with Crippen molar-refractivity contribution in [3.63, 3.8) is 0 Å². The third kappa shape index (κ3) is 3.46. The highest BCUT2D eigenvalue weighted by molar-refractivity contribution is 6.30. The smallest absolute Gasteiger partial charge is 0.128 e. The van der Waals surface area contributed by atoms with Gasteiger partial charge in [0.1, 0.15) is 5.82 Å². The number of aromatic nitrogens is 3. The van der Waals surface area contributed by atoms with Crippen molar-refractivity contribution in [1.29, 1.82) is 0 Å². The molecule has 0 amide bonds. The van der Waals surface area contributed by atoms with Crippen molar-refractivity contribution in [2.24, 2.45) is 0 Å². The van der Waals surface area contributed by atoms with Crippen molar-refractivity contribution < 1.29 is 0 Å². The highest BCUT2D eigenvalue weighted by atomic mass is 35.5. The number of halogens is 1. The molecule has 0 bridgehead atoms. The molecule has 0 fully saturated rings. The average Bonchev–Trinajstić information content (AvgIpc) is 2.83. The lowest BCUT2D eigenvalue weighted by Gasteiger charge is -2.17. The molecule has 0 aliphatic carbocycles. The zero-order valence-corrected chi connectivity index (χ0v) is 10.5. The van der Waals surface area contributed by atoms with Gasteiger partial charge in [-0.1, -0.05) is 11.6 Å². The van der Waals surface area contributed by atoms with E-state index in [9.17, 15) is 0 Å². The summed E-state index contributed by atoms with van der Waals surface area (Å²) in [7, 11) is 2.03. The molecule has 0 aromatic carbocycles. The molecule has 90 valence electrons. The molecule has 0 unspecified atom stereocenters. The fourth-order valence-electron chi connectivity index (χ4n) is 1.62. The minimum Gasteiger partial charge on any atom is -0.360 e. The Morgan fingerprint density at radius 1 is 1.41 bits per heavy atom. The van der Waals surface area contributed by atoms with E-state index in [1.165, 1.54) is 0 Å². The van der Waals surface area contributed by atoms with Crippen LogP contribution in [-0.2, 0) is 6.54 Å². The molecule has 0 N–H and O–H groups in total. The van der Waals surface area contributed by atoms with Gasteiger partial charge in [0.15, 0.2) is 0 Å². The van der Waals surface area contributed by atoms with Crippen molar-refractivity contribution in [1.82, 2.24) is 14.5 Å². The summed E-state index contributed by atoms with van der Waals surface area (Å²) >= 11 is 5.80. The van der Waals surface area contributed by atoms with Crippen LogP contribution < -0.4 is 4.90 Å². The predicted octanol–water partition coefficient (Wildman–Crippen LogP) is 2.46. The number of hydrogen-bond acceptors (Lipinski definition) is 3. The first kappa shape index (κ1) is 11.9. The summed E-state index contributed by atoms with van der Waals surface area (Å²) < 4.78 is 2.07. The molecule has 0 atom stereocenters. The van der Waals surface area contributed by atoms with E-state index in [4.69, 9.17) is 11.6 Å². The van der Waals surface area contributed by atoms with Crippen LogP contribution in [0.25, 0.3) is 0 Å². The van der Waals surface area contributed by atoms with Crippen LogP contribution >= 0.6 is 11.6 Å². The van der Waals surface area contributed by atoms with Gasteiger partial charge < -0.3 is 9.47 Å². The summed E-state index contributed by atoms with van der Waals surface area (Å²) in [4.78, 5) is 10.4. The first-order valence-corrected chi connectivity index (χ1v) is 5.92. The molecule has 17 heavy (non-hydrogen) atoms. The van der Waals surface area contributed by atoms with Gasteiger partial charge in [0.05, 0.1) is 11.3 Å². The third-order valence-electron chi connectivity index (χ3n) is 2.57. The van der Waals surface area contributed by atoms with Crippen molar-refractivity contribution >= 4 is 17.4 Å². The Hall–Kier alpha value is -1.55. The monoisotopic (exact) mass is 250 g/mol. The molecule has 2 rings (SSSR count). The summed E-state index contributed by atoms with van der Waals surface area (Å²) in [5, 5.41) is 0.667. The maximum absolute atomic E-state index is 5.80. The second-order valence-corrected chi connectivity index (χ2v) is 4.35. The molecule has 2 aromatic rings. The van der Waals surface area contributed by atoms with E-state index in [0.29, 0.717) is 5.02 Å². The quantitative estimate of drug-likeness (QED) is 0.818. The van der Waals surface area contributed by atoms with Crippen LogP contribution in [0.4, 0.5) is 5.82 Å². The minimum absolute atomic E-state index is 0.667. The number of imidazole rings is 1. The topological polar surface area (TPSA) is 34.0 Å². The largest absolute Gasteiger partial charge is 0.360 e. The van der Waals surface area contributed by atoms with E-state index in [-0.39, 0.29) is 0 Å². The van der Waals surface area contributed by atoms with Gasteiger partial charge in [0, 0.05) is 38.7 Å². The molecule has 0 saturated heterocycles. The summed E-state index contributed by atoms with van der Waals surface area (Å²) in [5.74, 6) is 0.944. The van der Waals surface area contributed by atoms with Gasteiger partial charge in [-0.2, -0.15) is 0 Å². The van der Waals surface area contributed by atoms with Crippen LogP contribution in [0.2, 0.25) is 5.02 Å². The predicted molar refractivity (Wildman–Crippen MR) is 69.4 cm³/mol. The van der Waals surface area contributed by atoms with Gasteiger partial charge in [0.2, 0.25) is 0 Å². The number of nitrogens with zero attached hydrogens (tertiary/aromatic N) is 4. The Kier molecular flexibility index (Phi) is 3.98. The van der Waals surface area contributed by atoms with Crippen LogP contribution in [0.1, 0.15) is 6.42 Å². The Morgan fingerprint density at radius 2 is 2.29 bits per heavy atom. The minimum atomic E-state index is 0.667. The van der Waals surface area contributed by atoms with Crippen molar-refractivity contribution in [2.45, 2.75) is 13.0 Å². The highest BCUT2D eigenvalue weighted by Gasteiger charge is 2.01. The van der Waals surface area contributed by atoms with Gasteiger partial charge >= 0.3 is 0 Å². The second-order valence-electron chi connectivity index (χ2n) is 3.91. The van der Waals surface area contributed by atoms with Crippen LogP contribution in [0.15, 0.2) is 37.1 Å². The van der Waals surface area contributed by atoms with E-state index in [1.54, 1.807) is 12.4 Å². The molecule has 4 nitrogen and oxygen atoms in total. The molecule has 0 saturated carbocycles. The zero-order chi connectivity index (χ0) is 12.1. The number of anilines is 1. The van der Waals surface area contributed by atoms with Crippen LogP contribution in [0.5, 0.6) is 0 Å². The summed E-state index contributed by atoms with van der Waals surface area (Å²) in [6.45, 7) is 1.92. The zero-order valence-electron chi connectivity index (χ0n) is 9.75. The Balaban J connectivity index is 1.81. The second kappa shape index (κ2) is 5.68. The maximum Gasteiger partial charge on any atom is 0.128 e. The van der Waals surface area contributed by atoms with Gasteiger partial charge in [-0.3, -0.25) is 0 Å². The number of rotatable bonds is 5. The highest BCUT2D eigenvalue weighted by Crippen LogP contribution is 2.13. The fourth-order valence-corrected chi connectivity index (χ4v) is 1.73. The molecular formula is C12H15ClN4. The van der Waals surface area contributed by atoms with Gasteiger partial charge in [-0.15, -0.1) is 0 Å². The van der Waals surface area contributed by atoms with E-state index in [1.807, 2.05) is 31.7 Å². The molecular weight excluding hydrogens is 236 g/mol. The fraction of sp³-hybridized carbons (Fsp3) is 0.333. The Morgan fingerprint density at radius 3 is 2.94 bits per heavy atom. The van der Waals surface area contributed by atoms with E-state index < -0.39 is 0 Å².